The number of para-hydroxylation sites is 1. The second kappa shape index (κ2) is 7.14. The van der Waals surface area contributed by atoms with Crippen LogP contribution in [0.3, 0.4) is 0 Å². The third-order valence-electron chi connectivity index (χ3n) is 3.86. The molecule has 1 aliphatic rings. The second-order valence-corrected chi connectivity index (χ2v) is 7.36. The van der Waals surface area contributed by atoms with Crippen molar-refractivity contribution in [2.75, 3.05) is 20.2 Å². The number of ether oxygens (including phenoxy) is 2. The molecule has 0 bridgehead atoms. The van der Waals surface area contributed by atoms with Crippen molar-refractivity contribution in [2.24, 2.45) is 0 Å². The van der Waals surface area contributed by atoms with E-state index in [9.17, 15) is 8.42 Å². The van der Waals surface area contributed by atoms with Gasteiger partial charge in [0.15, 0.2) is 0 Å². The van der Waals surface area contributed by atoms with E-state index in [0.717, 1.165) is 12.8 Å². The predicted octanol–water partition coefficient (Wildman–Crippen LogP) is 1.72. The van der Waals surface area contributed by atoms with Gasteiger partial charge in [0.1, 0.15) is 16.7 Å². The zero-order valence-electron chi connectivity index (χ0n) is 13.3. The molecule has 1 aliphatic heterocycles. The van der Waals surface area contributed by atoms with Crippen LogP contribution in [0.2, 0.25) is 0 Å². The first-order valence-electron chi connectivity index (χ1n) is 7.69. The summed E-state index contributed by atoms with van der Waals surface area (Å²) in [4.78, 5) is 0.174. The molecule has 1 atom stereocenters. The van der Waals surface area contributed by atoms with E-state index in [2.05, 4.69) is 10.2 Å². The molecule has 1 fully saturated rings. The van der Waals surface area contributed by atoms with Crippen molar-refractivity contribution in [3.63, 3.8) is 0 Å². The Bertz CT molecular complexity index is 783. The SMILES string of the molecule is COc1ccccc1S(=O)(=O)N1CCCC(Oc2cccnn2)C1. The predicted molar refractivity (Wildman–Crippen MR) is 87.4 cm³/mol. The van der Waals surface area contributed by atoms with E-state index < -0.39 is 10.0 Å². The summed E-state index contributed by atoms with van der Waals surface area (Å²) in [5.41, 5.74) is 0. The maximum absolute atomic E-state index is 12.9. The summed E-state index contributed by atoms with van der Waals surface area (Å²) in [6, 6.07) is 10.1. The van der Waals surface area contributed by atoms with Crippen molar-refractivity contribution in [3.05, 3.63) is 42.6 Å². The Morgan fingerprint density at radius 2 is 2.04 bits per heavy atom. The molecule has 2 aromatic rings. The Labute approximate surface area is 141 Å². The monoisotopic (exact) mass is 349 g/mol. The zero-order chi connectivity index (χ0) is 17.0. The molecule has 128 valence electrons. The van der Waals surface area contributed by atoms with Crippen LogP contribution >= 0.6 is 0 Å². The van der Waals surface area contributed by atoms with E-state index in [1.165, 1.54) is 11.4 Å². The number of hydrogen-bond donors (Lipinski definition) is 0. The Morgan fingerprint density at radius 3 is 2.79 bits per heavy atom. The van der Waals surface area contributed by atoms with Crippen LogP contribution in [0.4, 0.5) is 0 Å². The molecule has 1 unspecified atom stereocenters. The van der Waals surface area contributed by atoms with Crippen LogP contribution in [0.1, 0.15) is 12.8 Å². The molecule has 1 aromatic carbocycles. The van der Waals surface area contributed by atoms with Gasteiger partial charge in [-0.15, -0.1) is 5.10 Å². The highest BCUT2D eigenvalue weighted by Crippen LogP contribution is 2.28. The maximum Gasteiger partial charge on any atom is 0.246 e. The van der Waals surface area contributed by atoms with Crippen LogP contribution < -0.4 is 9.47 Å². The molecule has 0 amide bonds. The molecular weight excluding hydrogens is 330 g/mol. The number of methoxy groups -OCH3 is 1. The quantitative estimate of drug-likeness (QED) is 0.817. The number of hydrogen-bond acceptors (Lipinski definition) is 6. The molecule has 24 heavy (non-hydrogen) atoms. The lowest BCUT2D eigenvalue weighted by Crippen LogP contribution is -2.44. The van der Waals surface area contributed by atoms with Gasteiger partial charge < -0.3 is 9.47 Å². The summed E-state index contributed by atoms with van der Waals surface area (Å²) in [5.74, 6) is 0.744. The van der Waals surface area contributed by atoms with E-state index in [-0.39, 0.29) is 17.5 Å². The first kappa shape index (κ1) is 16.7. The Kier molecular flexibility index (Phi) is 4.96. The first-order valence-corrected chi connectivity index (χ1v) is 9.13. The van der Waals surface area contributed by atoms with Crippen molar-refractivity contribution in [2.45, 2.75) is 23.8 Å². The van der Waals surface area contributed by atoms with E-state index >= 15 is 0 Å². The van der Waals surface area contributed by atoms with Crippen LogP contribution in [-0.2, 0) is 10.0 Å². The van der Waals surface area contributed by atoms with Gasteiger partial charge in [0.2, 0.25) is 15.9 Å². The number of rotatable bonds is 5. The van der Waals surface area contributed by atoms with Gasteiger partial charge in [0, 0.05) is 18.8 Å². The van der Waals surface area contributed by atoms with Gasteiger partial charge in [-0.1, -0.05) is 12.1 Å². The average molecular weight is 349 g/mol. The fraction of sp³-hybridized carbons (Fsp3) is 0.375. The summed E-state index contributed by atoms with van der Waals surface area (Å²) in [5, 5.41) is 7.65. The number of sulfonamides is 1. The molecule has 1 aromatic heterocycles. The normalized spacial score (nSPS) is 19.0. The average Bonchev–Trinajstić information content (AvgIpc) is 2.63. The third kappa shape index (κ3) is 3.49. The Morgan fingerprint density at radius 1 is 1.21 bits per heavy atom. The minimum Gasteiger partial charge on any atom is -0.495 e. The molecule has 0 saturated carbocycles. The van der Waals surface area contributed by atoms with Crippen molar-refractivity contribution in [3.8, 4) is 11.6 Å². The van der Waals surface area contributed by atoms with Crippen molar-refractivity contribution < 1.29 is 17.9 Å². The van der Waals surface area contributed by atoms with E-state index in [1.54, 1.807) is 42.6 Å². The number of aromatic nitrogens is 2. The fourth-order valence-corrected chi connectivity index (χ4v) is 4.38. The van der Waals surface area contributed by atoms with Crippen LogP contribution in [0.15, 0.2) is 47.5 Å². The zero-order valence-corrected chi connectivity index (χ0v) is 14.1. The summed E-state index contributed by atoms with van der Waals surface area (Å²) in [6.07, 6.45) is 2.81. The second-order valence-electron chi connectivity index (χ2n) is 5.46. The van der Waals surface area contributed by atoms with E-state index in [0.29, 0.717) is 18.2 Å². The van der Waals surface area contributed by atoms with Crippen LogP contribution in [0.25, 0.3) is 0 Å². The fourth-order valence-electron chi connectivity index (χ4n) is 2.71. The van der Waals surface area contributed by atoms with Gasteiger partial charge in [0.25, 0.3) is 0 Å². The van der Waals surface area contributed by atoms with Gasteiger partial charge >= 0.3 is 0 Å². The van der Waals surface area contributed by atoms with Gasteiger partial charge in [-0.2, -0.15) is 9.40 Å². The van der Waals surface area contributed by atoms with Gasteiger partial charge in [-0.05, 0) is 31.0 Å². The van der Waals surface area contributed by atoms with Gasteiger partial charge in [-0.25, -0.2) is 8.42 Å². The lowest BCUT2D eigenvalue weighted by molar-refractivity contribution is 0.123. The van der Waals surface area contributed by atoms with Gasteiger partial charge in [-0.3, -0.25) is 0 Å². The Hall–Kier alpha value is -2.19. The highest BCUT2D eigenvalue weighted by atomic mass is 32.2. The minimum atomic E-state index is -3.64. The van der Waals surface area contributed by atoms with Crippen molar-refractivity contribution >= 4 is 10.0 Å². The van der Waals surface area contributed by atoms with Crippen LogP contribution in [0.5, 0.6) is 11.6 Å². The molecule has 2 heterocycles. The molecule has 7 nitrogen and oxygen atoms in total. The molecule has 3 rings (SSSR count). The first-order chi connectivity index (χ1) is 11.6. The van der Waals surface area contributed by atoms with Crippen LogP contribution in [0, 0.1) is 0 Å². The summed E-state index contributed by atoms with van der Waals surface area (Å²) in [7, 11) is -2.17. The highest BCUT2D eigenvalue weighted by molar-refractivity contribution is 7.89. The standard InChI is InChI=1S/C16H19N3O4S/c1-22-14-7-2-3-8-15(14)24(20,21)19-11-5-6-13(12-19)23-16-9-4-10-17-18-16/h2-4,7-10,13H,5-6,11-12H2,1H3. The number of benzene rings is 1. The van der Waals surface area contributed by atoms with Crippen molar-refractivity contribution in [1.29, 1.82) is 0 Å². The maximum atomic E-state index is 12.9. The van der Waals surface area contributed by atoms with Crippen molar-refractivity contribution in [1.82, 2.24) is 14.5 Å². The molecule has 1 saturated heterocycles. The summed E-state index contributed by atoms with van der Waals surface area (Å²) < 4.78 is 38.2. The third-order valence-corrected chi connectivity index (χ3v) is 5.77. The lowest BCUT2D eigenvalue weighted by Gasteiger charge is -2.32. The van der Waals surface area contributed by atoms with E-state index in [1.807, 2.05) is 0 Å². The highest BCUT2D eigenvalue weighted by Gasteiger charge is 2.33. The molecular formula is C16H19N3O4S. The molecule has 0 spiro atoms. The summed E-state index contributed by atoms with van der Waals surface area (Å²) >= 11 is 0. The topological polar surface area (TPSA) is 81.6 Å². The van der Waals surface area contributed by atoms with Crippen LogP contribution in [-0.4, -0.2) is 49.2 Å². The molecule has 0 aliphatic carbocycles. The van der Waals surface area contributed by atoms with E-state index in [4.69, 9.17) is 9.47 Å². The largest absolute Gasteiger partial charge is 0.495 e. The lowest BCUT2D eigenvalue weighted by atomic mass is 10.1. The number of piperidine rings is 1. The molecule has 0 N–H and O–H groups in total. The Balaban J connectivity index is 1.78. The molecule has 8 heteroatoms. The minimum absolute atomic E-state index is 0.174. The smallest absolute Gasteiger partial charge is 0.246 e. The van der Waals surface area contributed by atoms with Gasteiger partial charge in [0.05, 0.1) is 13.7 Å². The number of nitrogens with zero attached hydrogens (tertiary/aromatic N) is 3. The molecule has 0 radical (unpaired) electrons. The summed E-state index contributed by atoms with van der Waals surface area (Å²) in [6.45, 7) is 0.734.